The molecule has 0 aromatic heterocycles. The maximum Gasteiger partial charge on any atom is 0.0141 e. The number of nitrogens with one attached hydrogen (secondary N) is 2. The van der Waals surface area contributed by atoms with Gasteiger partial charge in [0.05, 0.1) is 0 Å². The van der Waals surface area contributed by atoms with Gasteiger partial charge < -0.3 is 5.32 Å². The van der Waals surface area contributed by atoms with Gasteiger partial charge in [-0.1, -0.05) is 19.9 Å². The van der Waals surface area contributed by atoms with Crippen LogP contribution in [0, 0.1) is 5.92 Å². The largest absolute Gasteiger partial charge is 0.391 e. The molecule has 4 N–H and O–H groups in total. The molecule has 0 aromatic carbocycles. The zero-order chi connectivity index (χ0) is 9.94. The van der Waals surface area contributed by atoms with Crippen molar-refractivity contribution < 1.29 is 0 Å². The van der Waals surface area contributed by atoms with Crippen LogP contribution in [0.15, 0.2) is 12.8 Å². The van der Waals surface area contributed by atoms with Crippen LogP contribution in [0.2, 0.25) is 0 Å². The van der Waals surface area contributed by atoms with Gasteiger partial charge in [0.2, 0.25) is 0 Å². The van der Waals surface area contributed by atoms with E-state index in [0.29, 0.717) is 0 Å². The zero-order valence-corrected chi connectivity index (χ0v) is 8.68. The van der Waals surface area contributed by atoms with Crippen molar-refractivity contribution in [3.63, 3.8) is 0 Å². The summed E-state index contributed by atoms with van der Waals surface area (Å²) in [5.74, 6) is 6.03. The fraction of sp³-hybridized carbons (Fsp3) is 0.800. The molecule has 1 unspecified atom stereocenters. The van der Waals surface area contributed by atoms with Gasteiger partial charge in [-0.05, 0) is 31.4 Å². The van der Waals surface area contributed by atoms with Crippen molar-refractivity contribution in [1.29, 1.82) is 0 Å². The fourth-order valence-corrected chi connectivity index (χ4v) is 1.52. The third kappa shape index (κ3) is 7.81. The maximum atomic E-state index is 5.31. The first-order valence-corrected chi connectivity index (χ1v) is 5.12. The Morgan fingerprint density at radius 1 is 1.46 bits per heavy atom. The first kappa shape index (κ1) is 12.5. The van der Waals surface area contributed by atoms with Crippen LogP contribution in [0.3, 0.4) is 0 Å². The van der Waals surface area contributed by atoms with E-state index in [4.69, 9.17) is 5.84 Å². The first-order valence-electron chi connectivity index (χ1n) is 5.12. The Morgan fingerprint density at radius 2 is 2.23 bits per heavy atom. The Hall–Kier alpha value is -0.540. The van der Waals surface area contributed by atoms with Gasteiger partial charge in [0, 0.05) is 13.1 Å². The maximum absolute atomic E-state index is 5.31. The lowest BCUT2D eigenvalue weighted by molar-refractivity contribution is 0.406. The summed E-state index contributed by atoms with van der Waals surface area (Å²) in [4.78, 5) is 0. The summed E-state index contributed by atoms with van der Waals surface area (Å²) >= 11 is 0. The van der Waals surface area contributed by atoms with Gasteiger partial charge in [-0.2, -0.15) is 0 Å². The summed E-state index contributed by atoms with van der Waals surface area (Å²) in [5.41, 5.74) is 2.75. The van der Waals surface area contributed by atoms with E-state index in [1.807, 2.05) is 0 Å². The average Bonchev–Trinajstić information content (AvgIpc) is 2.13. The third-order valence-corrected chi connectivity index (χ3v) is 2.18. The highest BCUT2D eigenvalue weighted by molar-refractivity contribution is 4.65. The SMILES string of the molecule is C=CNCCCC(CCC)CNN. The Kier molecular flexibility index (Phi) is 9.15. The van der Waals surface area contributed by atoms with Gasteiger partial charge in [-0.25, -0.2) is 0 Å². The summed E-state index contributed by atoms with van der Waals surface area (Å²) in [6.07, 6.45) is 6.67. The molecule has 0 rings (SSSR count). The van der Waals surface area contributed by atoms with E-state index in [0.717, 1.165) is 19.0 Å². The topological polar surface area (TPSA) is 50.1 Å². The summed E-state index contributed by atoms with van der Waals surface area (Å²) in [6.45, 7) is 7.77. The monoisotopic (exact) mass is 185 g/mol. The van der Waals surface area contributed by atoms with E-state index in [1.165, 1.54) is 25.7 Å². The van der Waals surface area contributed by atoms with Crippen LogP contribution in [0.25, 0.3) is 0 Å². The Bertz CT molecular complexity index is 109. The van der Waals surface area contributed by atoms with Crippen molar-refractivity contribution in [1.82, 2.24) is 10.7 Å². The second kappa shape index (κ2) is 9.55. The van der Waals surface area contributed by atoms with Crippen LogP contribution in [0.5, 0.6) is 0 Å². The predicted molar refractivity (Wildman–Crippen MR) is 58.0 cm³/mol. The van der Waals surface area contributed by atoms with Crippen LogP contribution in [0.4, 0.5) is 0 Å². The zero-order valence-electron chi connectivity index (χ0n) is 8.68. The van der Waals surface area contributed by atoms with E-state index in [-0.39, 0.29) is 0 Å². The highest BCUT2D eigenvalue weighted by Gasteiger charge is 2.05. The van der Waals surface area contributed by atoms with Crippen molar-refractivity contribution in [3.05, 3.63) is 12.8 Å². The van der Waals surface area contributed by atoms with Crippen molar-refractivity contribution >= 4 is 0 Å². The molecule has 0 aliphatic carbocycles. The minimum Gasteiger partial charge on any atom is -0.391 e. The third-order valence-electron chi connectivity index (χ3n) is 2.18. The van der Waals surface area contributed by atoms with E-state index in [1.54, 1.807) is 6.20 Å². The summed E-state index contributed by atoms with van der Waals surface area (Å²) in [6, 6.07) is 0. The molecule has 0 bridgehead atoms. The van der Waals surface area contributed by atoms with Crippen molar-refractivity contribution in [3.8, 4) is 0 Å². The molecule has 3 nitrogen and oxygen atoms in total. The van der Waals surface area contributed by atoms with Gasteiger partial charge in [0.25, 0.3) is 0 Å². The molecular weight excluding hydrogens is 162 g/mol. The molecular formula is C10H23N3. The predicted octanol–water partition coefficient (Wildman–Crippen LogP) is 1.38. The van der Waals surface area contributed by atoms with Crippen molar-refractivity contribution in [2.24, 2.45) is 11.8 Å². The second-order valence-electron chi connectivity index (χ2n) is 3.36. The lowest BCUT2D eigenvalue weighted by Gasteiger charge is -2.14. The average molecular weight is 185 g/mol. The molecule has 0 aromatic rings. The van der Waals surface area contributed by atoms with Gasteiger partial charge in [-0.3, -0.25) is 11.3 Å². The van der Waals surface area contributed by atoms with Gasteiger partial charge in [-0.15, -0.1) is 0 Å². The number of hydrazine groups is 1. The molecule has 13 heavy (non-hydrogen) atoms. The van der Waals surface area contributed by atoms with Crippen LogP contribution in [-0.4, -0.2) is 13.1 Å². The molecule has 1 atom stereocenters. The van der Waals surface area contributed by atoms with E-state index < -0.39 is 0 Å². The second-order valence-corrected chi connectivity index (χ2v) is 3.36. The first-order chi connectivity index (χ1) is 6.35. The standard InChI is InChI=1S/C10H23N3/c1-3-6-10(9-13-11)7-5-8-12-4-2/h4,10,12-13H,2-3,5-9,11H2,1H3. The summed E-state index contributed by atoms with van der Waals surface area (Å²) in [7, 11) is 0. The lowest BCUT2D eigenvalue weighted by Crippen LogP contribution is -2.29. The summed E-state index contributed by atoms with van der Waals surface area (Å²) < 4.78 is 0. The lowest BCUT2D eigenvalue weighted by atomic mass is 9.98. The Balaban J connectivity index is 3.37. The fourth-order valence-electron chi connectivity index (χ4n) is 1.52. The molecule has 0 aliphatic rings. The molecule has 0 radical (unpaired) electrons. The molecule has 0 saturated heterocycles. The Morgan fingerprint density at radius 3 is 2.77 bits per heavy atom. The van der Waals surface area contributed by atoms with Crippen LogP contribution < -0.4 is 16.6 Å². The quantitative estimate of drug-likeness (QED) is 0.289. The minimum atomic E-state index is 0.724. The van der Waals surface area contributed by atoms with Crippen LogP contribution in [0.1, 0.15) is 32.6 Å². The normalized spacial score (nSPS) is 12.5. The van der Waals surface area contributed by atoms with E-state index in [2.05, 4.69) is 24.2 Å². The van der Waals surface area contributed by atoms with Crippen molar-refractivity contribution in [2.75, 3.05) is 13.1 Å². The van der Waals surface area contributed by atoms with Gasteiger partial charge in [0.15, 0.2) is 0 Å². The number of nitrogens with two attached hydrogens (primary N) is 1. The van der Waals surface area contributed by atoms with Crippen LogP contribution in [-0.2, 0) is 0 Å². The number of hydrogen-bond acceptors (Lipinski definition) is 3. The minimum absolute atomic E-state index is 0.724. The molecule has 0 fully saturated rings. The molecule has 78 valence electrons. The molecule has 0 amide bonds. The summed E-state index contributed by atoms with van der Waals surface area (Å²) in [5, 5.41) is 3.10. The molecule has 0 saturated carbocycles. The number of hydrogen-bond donors (Lipinski definition) is 3. The van der Waals surface area contributed by atoms with Crippen molar-refractivity contribution in [2.45, 2.75) is 32.6 Å². The van der Waals surface area contributed by atoms with E-state index in [9.17, 15) is 0 Å². The molecule has 0 spiro atoms. The molecule has 0 heterocycles. The molecule has 3 heteroatoms. The highest BCUT2D eigenvalue weighted by atomic mass is 15.2. The molecule has 0 aliphatic heterocycles. The Labute approximate surface area is 81.7 Å². The highest BCUT2D eigenvalue weighted by Crippen LogP contribution is 2.11. The van der Waals surface area contributed by atoms with E-state index >= 15 is 0 Å². The smallest absolute Gasteiger partial charge is 0.0141 e. The van der Waals surface area contributed by atoms with Gasteiger partial charge >= 0.3 is 0 Å². The number of rotatable bonds is 9. The van der Waals surface area contributed by atoms with Gasteiger partial charge in [0.1, 0.15) is 0 Å². The van der Waals surface area contributed by atoms with Crippen LogP contribution >= 0.6 is 0 Å².